The van der Waals surface area contributed by atoms with Crippen LogP contribution in [-0.2, 0) is 12.0 Å². The van der Waals surface area contributed by atoms with Crippen molar-refractivity contribution in [2.24, 2.45) is 5.92 Å². The van der Waals surface area contributed by atoms with Crippen LogP contribution < -0.4 is 0 Å². The Labute approximate surface area is 179 Å². The van der Waals surface area contributed by atoms with E-state index in [1.165, 1.54) is 23.8 Å². The van der Waals surface area contributed by atoms with E-state index in [4.69, 9.17) is 0 Å². The van der Waals surface area contributed by atoms with Crippen LogP contribution in [0, 0.1) is 28.9 Å². The molecule has 0 amide bonds. The van der Waals surface area contributed by atoms with Crippen LogP contribution in [0.1, 0.15) is 64.0 Å². The number of benzene rings is 2. The quantitative estimate of drug-likeness (QED) is 0.465. The maximum absolute atomic E-state index is 14.8. The molecule has 2 nitrogen and oxygen atoms in total. The molecule has 1 aliphatic carbocycles. The van der Waals surface area contributed by atoms with Gasteiger partial charge in [0.05, 0.1) is 11.5 Å². The number of rotatable bonds is 9. The van der Waals surface area contributed by atoms with Gasteiger partial charge in [-0.15, -0.1) is 0 Å². The summed E-state index contributed by atoms with van der Waals surface area (Å²) in [6.45, 7) is 7.30. The smallest absolute Gasteiger partial charge is 0.130 e. The lowest BCUT2D eigenvalue weighted by atomic mass is 9.60. The third-order valence-corrected chi connectivity index (χ3v) is 6.80. The van der Waals surface area contributed by atoms with Crippen molar-refractivity contribution >= 4 is 0 Å². The third kappa shape index (κ3) is 4.57. The molecule has 0 N–H and O–H groups in total. The Morgan fingerprint density at radius 3 is 2.17 bits per heavy atom. The largest absolute Gasteiger partial charge is 0.294 e. The van der Waals surface area contributed by atoms with E-state index in [2.05, 4.69) is 43.9 Å². The zero-order valence-corrected chi connectivity index (χ0v) is 18.2. The second kappa shape index (κ2) is 9.71. The summed E-state index contributed by atoms with van der Waals surface area (Å²) in [6.07, 6.45) is 3.90. The lowest BCUT2D eigenvalue weighted by Crippen LogP contribution is -2.43. The number of nitrogens with zero attached hydrogens (tertiary/aromatic N) is 2. The molecule has 2 atom stereocenters. The van der Waals surface area contributed by atoms with Crippen molar-refractivity contribution in [3.8, 4) is 6.07 Å². The third-order valence-electron chi connectivity index (χ3n) is 6.80. The molecule has 1 aliphatic rings. The molecule has 0 aliphatic heterocycles. The molecule has 2 aromatic carbocycles. The highest BCUT2D eigenvalue weighted by Gasteiger charge is 2.47. The first-order valence-electron chi connectivity index (χ1n) is 11.0. The maximum atomic E-state index is 14.8. The van der Waals surface area contributed by atoms with Crippen LogP contribution in [0.4, 0.5) is 8.78 Å². The SMILES string of the molecule is CC(C)N(Cc1ccccc1)C(C)CCC(C#N)(c1c(F)cccc1F)C1CCC1. The minimum Gasteiger partial charge on any atom is -0.294 e. The predicted octanol–water partition coefficient (Wildman–Crippen LogP) is 6.61. The zero-order valence-electron chi connectivity index (χ0n) is 18.2. The van der Waals surface area contributed by atoms with E-state index < -0.39 is 17.0 Å². The lowest BCUT2D eigenvalue weighted by Gasteiger charge is -2.42. The van der Waals surface area contributed by atoms with Gasteiger partial charge in [-0.25, -0.2) is 8.78 Å². The van der Waals surface area contributed by atoms with Crippen molar-refractivity contribution in [2.45, 2.75) is 76.9 Å². The van der Waals surface area contributed by atoms with Crippen molar-refractivity contribution < 1.29 is 8.78 Å². The van der Waals surface area contributed by atoms with Crippen LogP contribution in [-0.4, -0.2) is 17.0 Å². The molecular weight excluding hydrogens is 378 g/mol. The maximum Gasteiger partial charge on any atom is 0.130 e. The van der Waals surface area contributed by atoms with Crippen molar-refractivity contribution in [1.29, 1.82) is 5.26 Å². The highest BCUT2D eigenvalue weighted by molar-refractivity contribution is 5.37. The lowest BCUT2D eigenvalue weighted by molar-refractivity contribution is 0.124. The summed E-state index contributed by atoms with van der Waals surface area (Å²) in [5.41, 5.74) is 0.115. The fraction of sp³-hybridized carbons (Fsp3) is 0.500. The molecule has 0 spiro atoms. The van der Waals surface area contributed by atoms with E-state index in [-0.39, 0.29) is 17.5 Å². The summed E-state index contributed by atoms with van der Waals surface area (Å²) in [5.74, 6) is -1.18. The van der Waals surface area contributed by atoms with Crippen LogP contribution in [0.3, 0.4) is 0 Å². The highest BCUT2D eigenvalue weighted by atomic mass is 19.1. The normalized spacial score (nSPS) is 17.4. The monoisotopic (exact) mass is 410 g/mol. The standard InChI is InChI=1S/C26H32F2N2/c1-19(2)30(17-21-9-5-4-6-10-21)20(3)15-16-26(18-29,22-11-7-12-22)25-23(27)13-8-14-24(25)28/h4-6,8-10,13-14,19-20,22H,7,11-12,15-17H2,1-3H3. The minimum absolute atomic E-state index is 0.0164. The molecule has 4 heteroatoms. The molecule has 0 heterocycles. The fourth-order valence-electron chi connectivity index (χ4n) is 4.81. The second-order valence-electron chi connectivity index (χ2n) is 8.95. The van der Waals surface area contributed by atoms with Crippen LogP contribution >= 0.6 is 0 Å². The molecule has 3 rings (SSSR count). The Morgan fingerprint density at radius 2 is 1.67 bits per heavy atom. The van der Waals surface area contributed by atoms with Gasteiger partial charge < -0.3 is 0 Å². The number of hydrogen-bond acceptors (Lipinski definition) is 2. The Morgan fingerprint density at radius 1 is 1.03 bits per heavy atom. The number of halogens is 2. The molecule has 1 saturated carbocycles. The van der Waals surface area contributed by atoms with E-state index >= 15 is 0 Å². The Balaban J connectivity index is 1.84. The van der Waals surface area contributed by atoms with Crippen molar-refractivity contribution in [3.05, 3.63) is 71.3 Å². The molecule has 0 bridgehead atoms. The fourth-order valence-corrected chi connectivity index (χ4v) is 4.81. The van der Waals surface area contributed by atoms with Crippen LogP contribution in [0.2, 0.25) is 0 Å². The van der Waals surface area contributed by atoms with E-state index in [9.17, 15) is 14.0 Å². The molecule has 2 aromatic rings. The summed E-state index contributed by atoms with van der Waals surface area (Å²) < 4.78 is 29.5. The minimum atomic E-state index is -1.10. The van der Waals surface area contributed by atoms with Crippen LogP contribution in [0.15, 0.2) is 48.5 Å². The topological polar surface area (TPSA) is 27.0 Å². The predicted molar refractivity (Wildman–Crippen MR) is 117 cm³/mol. The van der Waals surface area contributed by atoms with Gasteiger partial charge in [-0.05, 0) is 70.1 Å². The molecular formula is C26H32F2N2. The Bertz CT molecular complexity index is 850. The summed E-state index contributed by atoms with van der Waals surface area (Å²) in [4.78, 5) is 2.40. The van der Waals surface area contributed by atoms with Gasteiger partial charge >= 0.3 is 0 Å². The van der Waals surface area contributed by atoms with Gasteiger partial charge in [-0.3, -0.25) is 4.90 Å². The van der Waals surface area contributed by atoms with Gasteiger partial charge in [-0.2, -0.15) is 5.26 Å². The van der Waals surface area contributed by atoms with Gasteiger partial charge in [0, 0.05) is 24.2 Å². The Kier molecular flexibility index (Phi) is 7.26. The average molecular weight is 411 g/mol. The van der Waals surface area contributed by atoms with E-state index in [0.29, 0.717) is 18.9 Å². The first-order valence-corrected chi connectivity index (χ1v) is 11.0. The Hall–Kier alpha value is -2.25. The number of nitriles is 1. The average Bonchev–Trinajstić information content (AvgIpc) is 2.68. The van der Waals surface area contributed by atoms with E-state index in [1.54, 1.807) is 0 Å². The van der Waals surface area contributed by atoms with E-state index in [0.717, 1.165) is 25.8 Å². The van der Waals surface area contributed by atoms with E-state index in [1.807, 2.05) is 18.2 Å². The van der Waals surface area contributed by atoms with Gasteiger partial charge in [0.15, 0.2) is 0 Å². The summed E-state index contributed by atoms with van der Waals surface area (Å²) in [7, 11) is 0. The van der Waals surface area contributed by atoms with Crippen molar-refractivity contribution in [2.75, 3.05) is 0 Å². The number of hydrogen-bond donors (Lipinski definition) is 0. The second-order valence-corrected chi connectivity index (χ2v) is 8.95. The molecule has 30 heavy (non-hydrogen) atoms. The van der Waals surface area contributed by atoms with Crippen molar-refractivity contribution in [3.63, 3.8) is 0 Å². The van der Waals surface area contributed by atoms with Crippen LogP contribution in [0.25, 0.3) is 0 Å². The van der Waals surface area contributed by atoms with Crippen LogP contribution in [0.5, 0.6) is 0 Å². The summed E-state index contributed by atoms with van der Waals surface area (Å²) in [6, 6.07) is 17.2. The van der Waals surface area contributed by atoms with Gasteiger partial charge in [-0.1, -0.05) is 42.8 Å². The molecule has 0 saturated heterocycles. The molecule has 0 aromatic heterocycles. The molecule has 1 fully saturated rings. The first kappa shape index (κ1) is 22.4. The first-order chi connectivity index (χ1) is 14.4. The molecule has 2 unspecified atom stereocenters. The van der Waals surface area contributed by atoms with Gasteiger partial charge in [0.25, 0.3) is 0 Å². The van der Waals surface area contributed by atoms with Gasteiger partial charge in [0.1, 0.15) is 11.6 Å². The van der Waals surface area contributed by atoms with Gasteiger partial charge in [0.2, 0.25) is 0 Å². The zero-order chi connectivity index (χ0) is 21.7. The summed E-state index contributed by atoms with van der Waals surface area (Å²) in [5, 5.41) is 10.2. The summed E-state index contributed by atoms with van der Waals surface area (Å²) >= 11 is 0. The molecule has 0 radical (unpaired) electrons. The highest BCUT2D eigenvalue weighted by Crippen LogP contribution is 2.48. The van der Waals surface area contributed by atoms with Crippen molar-refractivity contribution in [1.82, 2.24) is 4.90 Å². The molecule has 160 valence electrons.